The fourth-order valence-electron chi connectivity index (χ4n) is 3.75. The summed E-state index contributed by atoms with van der Waals surface area (Å²) in [5.74, 6) is 0.661. The Labute approximate surface area is 189 Å². The van der Waals surface area contributed by atoms with Crippen LogP contribution in [-0.2, 0) is 14.8 Å². The zero-order valence-electron chi connectivity index (χ0n) is 18.3. The molecule has 0 aromatic heterocycles. The number of sulfonamides is 1. The average Bonchev–Trinajstić information content (AvgIpc) is 2.78. The minimum absolute atomic E-state index is 0.149. The van der Waals surface area contributed by atoms with Gasteiger partial charge >= 0.3 is 0 Å². The number of likely N-dealkylation sites (tertiary alicyclic amines) is 1. The summed E-state index contributed by atoms with van der Waals surface area (Å²) in [5.41, 5.74) is 0.372. The fourth-order valence-corrected chi connectivity index (χ4v) is 5.59. The molecule has 6 nitrogen and oxygen atoms in total. The van der Waals surface area contributed by atoms with Gasteiger partial charge in [0.25, 0.3) is 10.0 Å². The average molecular weight is 463 g/mol. The number of anilines is 1. The Bertz CT molecular complexity index is 993. The Morgan fingerprint density at radius 3 is 2.55 bits per heavy atom. The zero-order valence-corrected chi connectivity index (χ0v) is 19.9. The highest BCUT2D eigenvalue weighted by Crippen LogP contribution is 2.33. The van der Waals surface area contributed by atoms with E-state index in [-0.39, 0.29) is 17.3 Å². The van der Waals surface area contributed by atoms with Crippen LogP contribution in [0.5, 0.6) is 5.75 Å². The molecule has 0 radical (unpaired) electrons. The van der Waals surface area contributed by atoms with Crippen LogP contribution in [0.2, 0.25) is 0 Å². The molecule has 1 heterocycles. The zero-order chi connectivity index (χ0) is 22.4. The Kier molecular flexibility index (Phi) is 7.89. The molecule has 8 heteroatoms. The standard InChI is InChI=1S/C23H30N2O4S2/c1-4-29-22-10-6-5-9-21(22)25(17-23(26)24-15-7-8-18(2)16-24)31(27,28)20-13-11-19(30-3)12-14-20/h5-6,9-14,18H,4,7-8,15-17H2,1-3H3/t18-/m1/s1. The summed E-state index contributed by atoms with van der Waals surface area (Å²) in [6, 6.07) is 13.7. The lowest BCUT2D eigenvalue weighted by molar-refractivity contribution is -0.131. The van der Waals surface area contributed by atoms with Crippen molar-refractivity contribution in [2.24, 2.45) is 5.92 Å². The molecule has 1 saturated heterocycles. The van der Waals surface area contributed by atoms with E-state index in [1.807, 2.05) is 13.2 Å². The minimum atomic E-state index is -3.97. The molecule has 0 bridgehead atoms. The smallest absolute Gasteiger partial charge is 0.264 e. The van der Waals surface area contributed by atoms with Gasteiger partial charge in [0.2, 0.25) is 5.91 Å². The Hall–Kier alpha value is -2.19. The highest BCUT2D eigenvalue weighted by molar-refractivity contribution is 7.98. The SMILES string of the molecule is CCOc1ccccc1N(CC(=O)N1CCC[C@@H](C)C1)S(=O)(=O)c1ccc(SC)cc1. The fraction of sp³-hybridized carbons (Fsp3) is 0.435. The lowest BCUT2D eigenvalue weighted by Gasteiger charge is -2.33. The first kappa shape index (κ1) is 23.5. The van der Waals surface area contributed by atoms with Gasteiger partial charge in [-0.15, -0.1) is 11.8 Å². The lowest BCUT2D eigenvalue weighted by atomic mass is 10.0. The number of para-hydroxylation sites is 2. The molecule has 0 aliphatic carbocycles. The molecule has 0 saturated carbocycles. The quantitative estimate of drug-likeness (QED) is 0.549. The maximum Gasteiger partial charge on any atom is 0.264 e. The van der Waals surface area contributed by atoms with E-state index in [1.54, 1.807) is 65.2 Å². The van der Waals surface area contributed by atoms with Crippen molar-refractivity contribution in [3.8, 4) is 5.75 Å². The second-order valence-electron chi connectivity index (χ2n) is 7.68. The van der Waals surface area contributed by atoms with Crippen LogP contribution >= 0.6 is 11.8 Å². The Morgan fingerprint density at radius 1 is 1.19 bits per heavy atom. The molecule has 0 N–H and O–H groups in total. The molecule has 1 fully saturated rings. The molecule has 1 amide bonds. The number of benzene rings is 2. The number of carbonyl (C=O) groups is 1. The van der Waals surface area contributed by atoms with E-state index in [0.29, 0.717) is 37.1 Å². The van der Waals surface area contributed by atoms with Gasteiger partial charge < -0.3 is 9.64 Å². The van der Waals surface area contributed by atoms with Crippen molar-refractivity contribution in [3.63, 3.8) is 0 Å². The normalized spacial score (nSPS) is 16.7. The number of amides is 1. The van der Waals surface area contributed by atoms with E-state index < -0.39 is 10.0 Å². The molecule has 1 atom stereocenters. The van der Waals surface area contributed by atoms with Gasteiger partial charge in [-0.25, -0.2) is 8.42 Å². The van der Waals surface area contributed by atoms with Crippen molar-refractivity contribution in [3.05, 3.63) is 48.5 Å². The van der Waals surface area contributed by atoms with Crippen LogP contribution in [0.25, 0.3) is 0 Å². The van der Waals surface area contributed by atoms with Crippen LogP contribution in [0.1, 0.15) is 26.7 Å². The first-order valence-corrected chi connectivity index (χ1v) is 13.2. The van der Waals surface area contributed by atoms with E-state index in [0.717, 1.165) is 17.7 Å². The molecule has 2 aromatic carbocycles. The minimum Gasteiger partial charge on any atom is -0.492 e. The molecular weight excluding hydrogens is 432 g/mol. The Balaban J connectivity index is 2.00. The van der Waals surface area contributed by atoms with Crippen molar-refractivity contribution >= 4 is 33.4 Å². The van der Waals surface area contributed by atoms with Gasteiger partial charge in [-0.2, -0.15) is 0 Å². The molecule has 1 aliphatic rings. The molecule has 1 aliphatic heterocycles. The van der Waals surface area contributed by atoms with Gasteiger partial charge in [-0.1, -0.05) is 19.1 Å². The van der Waals surface area contributed by atoms with Crippen LogP contribution in [0, 0.1) is 5.92 Å². The van der Waals surface area contributed by atoms with E-state index >= 15 is 0 Å². The molecular formula is C23H30N2O4S2. The second kappa shape index (κ2) is 10.4. The Morgan fingerprint density at radius 2 is 1.90 bits per heavy atom. The molecule has 31 heavy (non-hydrogen) atoms. The molecule has 0 unspecified atom stereocenters. The summed E-state index contributed by atoms with van der Waals surface area (Å²) in [4.78, 5) is 16.0. The summed E-state index contributed by atoms with van der Waals surface area (Å²) in [6.45, 7) is 5.41. The van der Waals surface area contributed by atoms with E-state index in [9.17, 15) is 13.2 Å². The predicted molar refractivity (Wildman–Crippen MR) is 125 cm³/mol. The third kappa shape index (κ3) is 5.54. The monoisotopic (exact) mass is 462 g/mol. The predicted octanol–water partition coefficient (Wildman–Crippen LogP) is 4.26. The molecule has 168 valence electrons. The van der Waals surface area contributed by atoms with Crippen molar-refractivity contribution in [2.45, 2.75) is 36.5 Å². The van der Waals surface area contributed by atoms with Gasteiger partial charge in [-0.05, 0) is 68.3 Å². The molecule has 3 rings (SSSR count). The molecule has 2 aromatic rings. The van der Waals surface area contributed by atoms with Crippen molar-refractivity contribution < 1.29 is 17.9 Å². The topological polar surface area (TPSA) is 66.9 Å². The van der Waals surface area contributed by atoms with E-state index in [1.165, 1.54) is 4.31 Å². The van der Waals surface area contributed by atoms with Gasteiger partial charge in [0.1, 0.15) is 12.3 Å². The number of nitrogens with zero attached hydrogens (tertiary/aromatic N) is 2. The first-order valence-electron chi connectivity index (χ1n) is 10.5. The maximum absolute atomic E-state index is 13.7. The summed E-state index contributed by atoms with van der Waals surface area (Å²) in [6.07, 6.45) is 3.96. The summed E-state index contributed by atoms with van der Waals surface area (Å²) in [5, 5.41) is 0. The second-order valence-corrected chi connectivity index (χ2v) is 10.4. The largest absolute Gasteiger partial charge is 0.492 e. The number of rotatable bonds is 8. The summed E-state index contributed by atoms with van der Waals surface area (Å²) >= 11 is 1.54. The van der Waals surface area contributed by atoms with Crippen LogP contribution in [0.15, 0.2) is 58.3 Å². The number of hydrogen-bond donors (Lipinski definition) is 0. The number of ether oxygens (including phenoxy) is 1. The number of thioether (sulfide) groups is 1. The third-order valence-electron chi connectivity index (χ3n) is 5.37. The van der Waals surface area contributed by atoms with Crippen molar-refractivity contribution in [1.82, 2.24) is 4.90 Å². The van der Waals surface area contributed by atoms with Crippen LogP contribution in [-0.4, -0.2) is 51.7 Å². The van der Waals surface area contributed by atoms with Gasteiger partial charge in [0.15, 0.2) is 0 Å². The van der Waals surface area contributed by atoms with E-state index in [4.69, 9.17) is 4.74 Å². The number of piperidine rings is 1. The third-order valence-corrected chi connectivity index (χ3v) is 7.89. The number of hydrogen-bond acceptors (Lipinski definition) is 5. The van der Waals surface area contributed by atoms with Crippen LogP contribution < -0.4 is 9.04 Å². The van der Waals surface area contributed by atoms with Crippen LogP contribution in [0.4, 0.5) is 5.69 Å². The lowest BCUT2D eigenvalue weighted by Crippen LogP contribution is -2.46. The van der Waals surface area contributed by atoms with Crippen molar-refractivity contribution in [2.75, 3.05) is 36.8 Å². The van der Waals surface area contributed by atoms with E-state index in [2.05, 4.69) is 6.92 Å². The van der Waals surface area contributed by atoms with Crippen molar-refractivity contribution in [1.29, 1.82) is 0 Å². The van der Waals surface area contributed by atoms with Crippen LogP contribution in [0.3, 0.4) is 0 Å². The first-order chi connectivity index (χ1) is 14.9. The maximum atomic E-state index is 13.7. The number of carbonyl (C=O) groups excluding carboxylic acids is 1. The molecule has 0 spiro atoms. The van der Waals surface area contributed by atoms with Gasteiger partial charge in [-0.3, -0.25) is 9.10 Å². The highest BCUT2D eigenvalue weighted by Gasteiger charge is 2.32. The summed E-state index contributed by atoms with van der Waals surface area (Å²) in [7, 11) is -3.97. The van der Waals surface area contributed by atoms with Gasteiger partial charge in [0.05, 0.1) is 17.2 Å². The van der Waals surface area contributed by atoms with Gasteiger partial charge in [0, 0.05) is 18.0 Å². The summed E-state index contributed by atoms with van der Waals surface area (Å²) < 4.78 is 34.2. The highest BCUT2D eigenvalue weighted by atomic mass is 32.2.